The molecular formula is C9H9N3OS. The Bertz CT molecular complexity index is 509. The Kier molecular flexibility index (Phi) is 1.61. The van der Waals surface area contributed by atoms with Crippen LogP contribution in [0.2, 0.25) is 0 Å². The first-order valence-corrected chi connectivity index (χ1v) is 5.47. The smallest absolute Gasteiger partial charge is 0.276 e. The van der Waals surface area contributed by atoms with Crippen molar-refractivity contribution in [2.75, 3.05) is 0 Å². The van der Waals surface area contributed by atoms with E-state index >= 15 is 0 Å². The molecule has 1 N–H and O–H groups in total. The number of hydrogen-bond donors (Lipinski definition) is 1. The molecule has 0 atom stereocenters. The molecule has 5 heteroatoms. The highest BCUT2D eigenvalue weighted by Gasteiger charge is 2.20. The minimum Gasteiger partial charge on any atom is -0.293 e. The van der Waals surface area contributed by atoms with Crippen molar-refractivity contribution < 1.29 is 0 Å². The van der Waals surface area contributed by atoms with Crippen molar-refractivity contribution in [2.24, 2.45) is 0 Å². The van der Waals surface area contributed by atoms with Gasteiger partial charge in [0.15, 0.2) is 0 Å². The number of hydrogen-bond acceptors (Lipinski definition) is 3. The monoisotopic (exact) mass is 207 g/mol. The van der Waals surface area contributed by atoms with E-state index in [2.05, 4.69) is 10.1 Å². The Morgan fingerprint density at radius 2 is 2.43 bits per heavy atom. The van der Waals surface area contributed by atoms with Gasteiger partial charge in [0.25, 0.3) is 5.56 Å². The third-order valence-corrected chi connectivity index (χ3v) is 3.29. The first-order valence-electron chi connectivity index (χ1n) is 4.59. The van der Waals surface area contributed by atoms with Gasteiger partial charge in [-0.05, 0) is 19.3 Å². The zero-order valence-electron chi connectivity index (χ0n) is 7.49. The molecule has 0 radical (unpaired) electrons. The van der Waals surface area contributed by atoms with Crippen molar-refractivity contribution in [1.29, 1.82) is 0 Å². The zero-order chi connectivity index (χ0) is 9.54. The summed E-state index contributed by atoms with van der Waals surface area (Å²) in [4.78, 5) is 16.0. The molecule has 2 heterocycles. The molecule has 72 valence electrons. The second-order valence-electron chi connectivity index (χ2n) is 3.38. The van der Waals surface area contributed by atoms with Crippen LogP contribution in [-0.4, -0.2) is 14.8 Å². The molecule has 0 amide bonds. The van der Waals surface area contributed by atoms with E-state index in [4.69, 9.17) is 0 Å². The summed E-state index contributed by atoms with van der Waals surface area (Å²) in [5.41, 5.74) is 2.11. The van der Waals surface area contributed by atoms with E-state index in [1.54, 1.807) is 10.9 Å². The highest BCUT2D eigenvalue weighted by molar-refractivity contribution is 7.12. The minimum atomic E-state index is 0.0763. The number of nitrogens with zero attached hydrogens (tertiary/aromatic N) is 2. The Balaban J connectivity index is 2.22. The fraction of sp³-hybridized carbons (Fsp3) is 0.333. The van der Waals surface area contributed by atoms with Crippen molar-refractivity contribution >= 4 is 11.3 Å². The van der Waals surface area contributed by atoms with Crippen molar-refractivity contribution in [3.8, 4) is 5.13 Å². The molecule has 0 unspecified atom stereocenters. The molecule has 2 aromatic heterocycles. The van der Waals surface area contributed by atoms with Gasteiger partial charge in [0.2, 0.25) is 5.13 Å². The van der Waals surface area contributed by atoms with Gasteiger partial charge in [-0.2, -0.15) is 4.68 Å². The lowest BCUT2D eigenvalue weighted by atomic mass is 10.3. The fourth-order valence-corrected chi connectivity index (χ4v) is 2.48. The van der Waals surface area contributed by atoms with Crippen LogP contribution in [0.3, 0.4) is 0 Å². The molecule has 4 nitrogen and oxygen atoms in total. The SMILES string of the molecule is O=c1c2c([nH]n1-c1nccs1)CCC2. The Morgan fingerprint density at radius 3 is 3.14 bits per heavy atom. The summed E-state index contributed by atoms with van der Waals surface area (Å²) < 4.78 is 1.55. The predicted octanol–water partition coefficient (Wildman–Crippen LogP) is 1.11. The molecule has 0 fully saturated rings. The maximum absolute atomic E-state index is 11.9. The van der Waals surface area contributed by atoms with Crippen molar-refractivity contribution in [1.82, 2.24) is 14.8 Å². The molecule has 0 saturated carbocycles. The van der Waals surface area contributed by atoms with E-state index < -0.39 is 0 Å². The summed E-state index contributed by atoms with van der Waals surface area (Å²) in [6, 6.07) is 0. The summed E-state index contributed by atoms with van der Waals surface area (Å²) in [5.74, 6) is 0. The number of aromatic nitrogens is 3. The van der Waals surface area contributed by atoms with E-state index in [0.717, 1.165) is 35.7 Å². The van der Waals surface area contributed by atoms with Gasteiger partial charge in [0, 0.05) is 22.8 Å². The van der Waals surface area contributed by atoms with Gasteiger partial charge in [-0.25, -0.2) is 4.98 Å². The second-order valence-corrected chi connectivity index (χ2v) is 4.25. The predicted molar refractivity (Wildman–Crippen MR) is 54.1 cm³/mol. The maximum atomic E-state index is 11.9. The van der Waals surface area contributed by atoms with Gasteiger partial charge in [-0.15, -0.1) is 11.3 Å². The van der Waals surface area contributed by atoms with Gasteiger partial charge < -0.3 is 0 Å². The highest BCUT2D eigenvalue weighted by Crippen LogP contribution is 2.18. The van der Waals surface area contributed by atoms with Gasteiger partial charge in [0.1, 0.15) is 0 Å². The number of nitrogens with one attached hydrogen (secondary N) is 1. The van der Waals surface area contributed by atoms with E-state index in [0.29, 0.717) is 0 Å². The number of H-pyrrole nitrogens is 1. The molecule has 3 rings (SSSR count). The number of rotatable bonds is 1. The summed E-state index contributed by atoms with van der Waals surface area (Å²) in [5, 5.41) is 5.71. The van der Waals surface area contributed by atoms with Crippen LogP contribution >= 0.6 is 11.3 Å². The molecule has 1 aliphatic carbocycles. The largest absolute Gasteiger partial charge is 0.293 e. The fourth-order valence-electron chi connectivity index (χ4n) is 1.88. The normalized spacial score (nSPS) is 14.6. The quantitative estimate of drug-likeness (QED) is 0.761. The van der Waals surface area contributed by atoms with Crippen molar-refractivity contribution in [3.05, 3.63) is 33.2 Å². The number of aryl methyl sites for hydroxylation is 1. The van der Waals surface area contributed by atoms with Crippen LogP contribution in [0, 0.1) is 0 Å². The topological polar surface area (TPSA) is 50.7 Å². The third kappa shape index (κ3) is 0.988. The van der Waals surface area contributed by atoms with Crippen molar-refractivity contribution in [2.45, 2.75) is 19.3 Å². The average molecular weight is 207 g/mol. The minimum absolute atomic E-state index is 0.0763. The van der Waals surface area contributed by atoms with Crippen LogP contribution in [0.5, 0.6) is 0 Å². The zero-order valence-corrected chi connectivity index (χ0v) is 8.30. The lowest BCUT2D eigenvalue weighted by Crippen LogP contribution is -2.16. The molecular weight excluding hydrogens is 198 g/mol. The molecule has 0 aliphatic heterocycles. The Labute approximate surface area is 84.2 Å². The number of aromatic amines is 1. The lowest BCUT2D eigenvalue weighted by Gasteiger charge is -1.94. The standard InChI is InChI=1S/C9H9N3OS/c13-8-6-2-1-3-7(6)11-12(8)9-10-4-5-14-9/h4-5,11H,1-3H2. The maximum Gasteiger partial charge on any atom is 0.276 e. The summed E-state index contributed by atoms with van der Waals surface area (Å²) in [7, 11) is 0. The molecule has 2 aromatic rings. The summed E-state index contributed by atoms with van der Waals surface area (Å²) in [6.07, 6.45) is 4.69. The lowest BCUT2D eigenvalue weighted by molar-refractivity contribution is 0.775. The molecule has 1 aliphatic rings. The molecule has 0 aromatic carbocycles. The van der Waals surface area contributed by atoms with Crippen LogP contribution in [0.15, 0.2) is 16.4 Å². The molecule has 0 bridgehead atoms. The van der Waals surface area contributed by atoms with Crippen LogP contribution < -0.4 is 5.56 Å². The van der Waals surface area contributed by atoms with E-state index in [1.807, 2.05) is 5.38 Å². The first-order chi connectivity index (χ1) is 6.86. The summed E-state index contributed by atoms with van der Waals surface area (Å²) >= 11 is 1.47. The van der Waals surface area contributed by atoms with Crippen LogP contribution in [-0.2, 0) is 12.8 Å². The van der Waals surface area contributed by atoms with E-state index in [1.165, 1.54) is 11.3 Å². The Hall–Kier alpha value is -1.36. The summed E-state index contributed by atoms with van der Waals surface area (Å²) in [6.45, 7) is 0. The van der Waals surface area contributed by atoms with Crippen LogP contribution in [0.25, 0.3) is 5.13 Å². The Morgan fingerprint density at radius 1 is 1.50 bits per heavy atom. The van der Waals surface area contributed by atoms with Gasteiger partial charge >= 0.3 is 0 Å². The van der Waals surface area contributed by atoms with Crippen molar-refractivity contribution in [3.63, 3.8) is 0 Å². The molecule has 0 saturated heterocycles. The van der Waals surface area contributed by atoms with Crippen LogP contribution in [0.1, 0.15) is 17.7 Å². The van der Waals surface area contributed by atoms with E-state index in [9.17, 15) is 4.79 Å². The van der Waals surface area contributed by atoms with Gasteiger partial charge in [0.05, 0.1) is 0 Å². The second kappa shape index (κ2) is 2.81. The molecule has 0 spiro atoms. The first kappa shape index (κ1) is 7.99. The van der Waals surface area contributed by atoms with Gasteiger partial charge in [-0.3, -0.25) is 9.89 Å². The number of fused-ring (bicyclic) bond motifs is 1. The molecule has 14 heavy (non-hydrogen) atoms. The van der Waals surface area contributed by atoms with E-state index in [-0.39, 0.29) is 5.56 Å². The highest BCUT2D eigenvalue weighted by atomic mass is 32.1. The average Bonchev–Trinajstić information content (AvgIpc) is 2.84. The van der Waals surface area contributed by atoms with Crippen LogP contribution in [0.4, 0.5) is 0 Å². The third-order valence-electron chi connectivity index (χ3n) is 2.54. The van der Waals surface area contributed by atoms with Gasteiger partial charge in [-0.1, -0.05) is 0 Å². The number of thiazole rings is 1.